The molecule has 3 aliphatic heterocycles. The zero-order valence-corrected chi connectivity index (χ0v) is 35.7. The maximum Gasteiger partial charge on any atom is 0.457 e. The van der Waals surface area contributed by atoms with Crippen molar-refractivity contribution in [1.82, 2.24) is 10.2 Å². The fraction of sp³-hybridized carbons (Fsp3) is 0.565. The van der Waals surface area contributed by atoms with Crippen molar-refractivity contribution < 1.29 is 50.8 Å². The van der Waals surface area contributed by atoms with Crippen molar-refractivity contribution >= 4 is 26.2 Å². The molecule has 4 aliphatic rings. The van der Waals surface area contributed by atoms with Crippen LogP contribution >= 0.6 is 0 Å². The Labute approximate surface area is 358 Å². The maximum absolute atomic E-state index is 13.4. The molecule has 14 heteroatoms. The number of nitrogens with one attached hydrogen (secondary N) is 1. The third kappa shape index (κ3) is 7.87. The molecule has 3 aromatic carbocycles. The number of benzene rings is 3. The van der Waals surface area contributed by atoms with Crippen molar-refractivity contribution in [2.75, 3.05) is 13.1 Å². The van der Waals surface area contributed by atoms with E-state index in [2.05, 4.69) is 46.6 Å². The van der Waals surface area contributed by atoms with Gasteiger partial charge < -0.3 is 45.1 Å². The van der Waals surface area contributed by atoms with E-state index in [0.29, 0.717) is 45.1 Å². The van der Waals surface area contributed by atoms with Gasteiger partial charge in [-0.2, -0.15) is 0 Å². The Kier molecular flexibility index (Phi) is 13.4. The molecule has 0 bridgehead atoms. The van der Waals surface area contributed by atoms with Crippen LogP contribution in [0, 0.1) is 10.8 Å². The van der Waals surface area contributed by atoms with E-state index in [4.69, 9.17) is 24.5 Å². The van der Waals surface area contributed by atoms with Gasteiger partial charge in [-0.1, -0.05) is 99.1 Å². The van der Waals surface area contributed by atoms with Crippen molar-refractivity contribution in [2.45, 2.75) is 141 Å². The van der Waals surface area contributed by atoms with Gasteiger partial charge in [0.05, 0.1) is 27.9 Å². The van der Waals surface area contributed by atoms with E-state index in [1.807, 2.05) is 70.2 Å². The standard InChI is InChI=1S/C35H42BNO5.C10H20BNO5.CH4.H2/c1-31(2,40)34(21-14-22-36-41-32(3,4)33(5,6)42-36)23-37(29(34)30(38)39)35(24-15-8-7-9-16-24)27-19-12-10-17-25(27)26-18-11-13-20-28(26)35;1-9(2,15)10(4-3-5-11(16)17)6-12-7(10)8(13)14;;/h7-13,15-20,29,40H,14,21-23H2,1-6H3,(H,38,39);7,12,15-17H,3-6H2,1-2H3,(H,13,14);1H4;1H/t29-,34+;7-,10+;;/m11../s1. The summed E-state index contributed by atoms with van der Waals surface area (Å²) >= 11 is 0. The van der Waals surface area contributed by atoms with Gasteiger partial charge in [-0.3, -0.25) is 14.5 Å². The zero-order chi connectivity index (χ0) is 43.4. The number of aliphatic hydroxyl groups is 2. The largest absolute Gasteiger partial charge is 0.480 e. The highest BCUT2D eigenvalue weighted by atomic mass is 16.7. The number of aliphatic carboxylic acids is 2. The Balaban J connectivity index is 0.000000366. The highest BCUT2D eigenvalue weighted by Gasteiger charge is 2.69. The fourth-order valence-corrected chi connectivity index (χ4v) is 10.2. The van der Waals surface area contributed by atoms with Crippen LogP contribution in [-0.4, -0.2) is 109 Å². The summed E-state index contributed by atoms with van der Waals surface area (Å²) in [5, 5.41) is 62.3. The van der Waals surface area contributed by atoms with Crippen LogP contribution in [0.1, 0.15) is 107 Å². The molecule has 60 heavy (non-hydrogen) atoms. The van der Waals surface area contributed by atoms with Crippen LogP contribution in [0.15, 0.2) is 78.9 Å². The predicted octanol–water partition coefficient (Wildman–Crippen LogP) is 6.29. The summed E-state index contributed by atoms with van der Waals surface area (Å²) < 4.78 is 12.5. The molecular weight excluding hydrogens is 762 g/mol. The summed E-state index contributed by atoms with van der Waals surface area (Å²) in [5.74, 6) is -1.90. The SMILES string of the molecule is C.CC(C)(O)[C@@]1(CCCB(O)O)CN[C@@H]1C(=O)O.CC1(C)OB(CCC[C@]2(C(C)(C)O)CN(C3(c4ccccc4)c4ccccc4-c4ccccc43)[C@@H]2C(=O)O)OC1(C)C.[HH]. The Bertz CT molecular complexity index is 1940. The minimum absolute atomic E-state index is 0. The van der Waals surface area contributed by atoms with Crippen LogP contribution in [0.25, 0.3) is 11.1 Å². The van der Waals surface area contributed by atoms with Crippen LogP contribution in [0.3, 0.4) is 0 Å². The van der Waals surface area contributed by atoms with Gasteiger partial charge >= 0.3 is 26.2 Å². The van der Waals surface area contributed by atoms with E-state index in [1.54, 1.807) is 27.7 Å². The molecule has 7 N–H and O–H groups in total. The fourth-order valence-electron chi connectivity index (χ4n) is 10.2. The third-order valence-electron chi connectivity index (χ3n) is 14.4. The summed E-state index contributed by atoms with van der Waals surface area (Å²) in [6.07, 6.45) is 2.92. The van der Waals surface area contributed by atoms with Gasteiger partial charge in [0.1, 0.15) is 12.1 Å². The average molecular weight is 831 g/mol. The molecule has 328 valence electrons. The van der Waals surface area contributed by atoms with Gasteiger partial charge in [-0.15, -0.1) is 0 Å². The smallest absolute Gasteiger partial charge is 0.457 e. The van der Waals surface area contributed by atoms with Crippen LogP contribution in [-0.2, 0) is 24.4 Å². The number of fused-ring (bicyclic) bond motifs is 3. The quantitative estimate of drug-likeness (QED) is 0.0901. The number of hydrogen-bond acceptors (Lipinski definition) is 10. The Morgan fingerprint density at radius 3 is 1.70 bits per heavy atom. The molecular formula is C46H68B2N2O10. The monoisotopic (exact) mass is 831 g/mol. The number of carboxylic acid groups (broad SMARTS) is 2. The third-order valence-corrected chi connectivity index (χ3v) is 14.4. The molecule has 0 saturated carbocycles. The number of carboxylic acids is 2. The minimum atomic E-state index is -1.38. The Hall–Kier alpha value is -3.59. The number of rotatable bonds is 14. The molecule has 0 unspecified atom stereocenters. The lowest BCUT2D eigenvalue weighted by atomic mass is 9.56. The van der Waals surface area contributed by atoms with Gasteiger partial charge in [-0.05, 0) is 109 Å². The summed E-state index contributed by atoms with van der Waals surface area (Å²) in [4.78, 5) is 26.6. The second kappa shape index (κ2) is 16.9. The van der Waals surface area contributed by atoms with Gasteiger partial charge in [0.2, 0.25) is 0 Å². The molecule has 0 amide bonds. The van der Waals surface area contributed by atoms with Crippen molar-refractivity contribution in [3.8, 4) is 11.1 Å². The predicted molar refractivity (Wildman–Crippen MR) is 236 cm³/mol. The highest BCUT2D eigenvalue weighted by molar-refractivity contribution is 6.45. The van der Waals surface area contributed by atoms with Gasteiger partial charge in [-0.25, -0.2) is 0 Å². The van der Waals surface area contributed by atoms with Gasteiger partial charge in [0.25, 0.3) is 0 Å². The first-order chi connectivity index (χ1) is 27.5. The molecule has 0 radical (unpaired) electrons. The molecule has 3 saturated heterocycles. The summed E-state index contributed by atoms with van der Waals surface area (Å²) in [5.41, 5.74) is -0.236. The molecule has 3 heterocycles. The summed E-state index contributed by atoms with van der Waals surface area (Å²) in [7, 11) is -1.75. The van der Waals surface area contributed by atoms with E-state index >= 15 is 0 Å². The van der Waals surface area contributed by atoms with Crippen LogP contribution in [0.5, 0.6) is 0 Å². The first-order valence-corrected chi connectivity index (χ1v) is 20.8. The normalized spacial score (nSPS) is 26.0. The van der Waals surface area contributed by atoms with E-state index in [0.717, 1.165) is 27.8 Å². The zero-order valence-electron chi connectivity index (χ0n) is 35.7. The molecule has 1 aliphatic carbocycles. The molecule has 7 rings (SSSR count). The number of nitrogens with zero attached hydrogens (tertiary/aromatic N) is 1. The lowest BCUT2D eigenvalue weighted by molar-refractivity contribution is -0.222. The second-order valence-electron chi connectivity index (χ2n) is 19.1. The maximum atomic E-state index is 13.4. The number of hydrogen-bond donors (Lipinski definition) is 7. The van der Waals surface area contributed by atoms with Gasteiger partial charge in [0.15, 0.2) is 0 Å². The minimum Gasteiger partial charge on any atom is -0.480 e. The first kappa shape index (κ1) is 47.5. The van der Waals surface area contributed by atoms with Crippen LogP contribution in [0.2, 0.25) is 12.6 Å². The summed E-state index contributed by atoms with van der Waals surface area (Å²) in [6, 6.07) is 25.2. The molecule has 4 atom stereocenters. The van der Waals surface area contributed by atoms with E-state index in [-0.39, 0.29) is 22.3 Å². The number of likely N-dealkylation sites (tertiary alicyclic amines) is 1. The van der Waals surface area contributed by atoms with E-state index < -0.39 is 69.9 Å². The van der Waals surface area contributed by atoms with E-state index in [1.165, 1.54) is 0 Å². The van der Waals surface area contributed by atoms with Crippen LogP contribution in [0.4, 0.5) is 0 Å². The molecule has 12 nitrogen and oxygen atoms in total. The van der Waals surface area contributed by atoms with Crippen molar-refractivity contribution in [2.24, 2.45) is 10.8 Å². The lowest BCUT2D eigenvalue weighted by Gasteiger charge is -2.65. The van der Waals surface area contributed by atoms with Crippen molar-refractivity contribution in [3.05, 3.63) is 95.6 Å². The lowest BCUT2D eigenvalue weighted by Crippen LogP contribution is -2.78. The van der Waals surface area contributed by atoms with Gasteiger partial charge in [0, 0.05) is 25.3 Å². The second-order valence-corrected chi connectivity index (χ2v) is 19.1. The number of carbonyl (C=O) groups is 2. The molecule has 0 aromatic heterocycles. The summed E-state index contributed by atoms with van der Waals surface area (Å²) in [6.45, 7) is 15.7. The van der Waals surface area contributed by atoms with Crippen LogP contribution < -0.4 is 5.32 Å². The molecule has 3 aromatic rings. The van der Waals surface area contributed by atoms with E-state index in [9.17, 15) is 24.9 Å². The van der Waals surface area contributed by atoms with Crippen molar-refractivity contribution in [1.29, 1.82) is 0 Å². The van der Waals surface area contributed by atoms with Crippen molar-refractivity contribution in [3.63, 3.8) is 0 Å². The Morgan fingerprint density at radius 1 is 0.783 bits per heavy atom. The highest BCUT2D eigenvalue weighted by Crippen LogP contribution is 2.62. The molecule has 3 fully saturated rings. The Morgan fingerprint density at radius 2 is 1.27 bits per heavy atom. The topological polar surface area (TPSA) is 189 Å². The average Bonchev–Trinajstić information content (AvgIpc) is 3.51. The molecule has 0 spiro atoms. The first-order valence-electron chi connectivity index (χ1n) is 20.8.